The fraction of sp³-hybridized carbons (Fsp3) is 0.548. The Kier molecular flexibility index (Phi) is 8.43. The van der Waals surface area contributed by atoms with E-state index in [9.17, 15) is 19.8 Å². The van der Waals surface area contributed by atoms with Crippen LogP contribution in [0.25, 0.3) is 0 Å². The van der Waals surface area contributed by atoms with Gasteiger partial charge in [-0.15, -0.1) is 0 Å². The molecule has 0 unspecified atom stereocenters. The van der Waals surface area contributed by atoms with Crippen molar-refractivity contribution in [2.45, 2.75) is 105 Å². The highest BCUT2D eigenvalue weighted by Gasteiger charge is 2.46. The third-order valence-corrected chi connectivity index (χ3v) is 7.68. The Labute approximate surface area is 221 Å². The topological polar surface area (TPSA) is 87.1 Å². The number of nitrogens with zero attached hydrogens (tertiary/aromatic N) is 1. The second-order valence-electron chi connectivity index (χ2n) is 12.1. The maximum Gasteiger partial charge on any atom is 0.310 e. The van der Waals surface area contributed by atoms with E-state index >= 15 is 0 Å². The molecule has 2 N–H and O–H groups in total. The standard InChI is InChI=1S/C31H43NO5/c1-19-11-23(12-20(2)28(19)35)15-25(33)9-10-32-30(5,6)17-26(18-31(32,7)8)37-27(34)16-24-13-21(3)29(36)22(4)14-24/h11-14,26,35-36H,9-10,15-18H2,1-8H3. The van der Waals surface area contributed by atoms with Crippen molar-refractivity contribution in [3.05, 3.63) is 57.6 Å². The number of hydrogen-bond donors (Lipinski definition) is 2. The van der Waals surface area contributed by atoms with E-state index in [-0.39, 0.29) is 46.9 Å². The number of hydrogen-bond acceptors (Lipinski definition) is 6. The zero-order chi connectivity index (χ0) is 27.7. The predicted molar refractivity (Wildman–Crippen MR) is 146 cm³/mol. The molecule has 0 amide bonds. The zero-order valence-electron chi connectivity index (χ0n) is 23.7. The van der Waals surface area contributed by atoms with E-state index in [4.69, 9.17) is 4.74 Å². The van der Waals surface area contributed by atoms with Crippen LogP contribution in [-0.4, -0.2) is 50.6 Å². The summed E-state index contributed by atoms with van der Waals surface area (Å²) in [6.07, 6.45) is 2.16. The van der Waals surface area contributed by atoms with Gasteiger partial charge in [-0.3, -0.25) is 14.5 Å². The van der Waals surface area contributed by atoms with Crippen LogP contribution >= 0.6 is 0 Å². The van der Waals surface area contributed by atoms with E-state index in [1.165, 1.54) is 0 Å². The number of piperidine rings is 1. The number of aromatic hydroxyl groups is 2. The summed E-state index contributed by atoms with van der Waals surface area (Å²) in [5, 5.41) is 20.0. The molecule has 1 heterocycles. The average molecular weight is 510 g/mol. The van der Waals surface area contributed by atoms with Crippen LogP contribution in [0.2, 0.25) is 0 Å². The minimum absolute atomic E-state index is 0.170. The third kappa shape index (κ3) is 6.92. The van der Waals surface area contributed by atoms with Crippen molar-refractivity contribution in [2.24, 2.45) is 0 Å². The maximum atomic E-state index is 12.9. The Hall–Kier alpha value is -2.86. The number of ketones is 1. The minimum Gasteiger partial charge on any atom is -0.507 e. The molecule has 3 rings (SSSR count). The van der Waals surface area contributed by atoms with Crippen LogP contribution in [-0.2, 0) is 27.2 Å². The van der Waals surface area contributed by atoms with Gasteiger partial charge in [-0.2, -0.15) is 0 Å². The van der Waals surface area contributed by atoms with Gasteiger partial charge in [0, 0.05) is 43.3 Å². The van der Waals surface area contributed by atoms with Gasteiger partial charge in [-0.25, -0.2) is 0 Å². The molecule has 1 fully saturated rings. The smallest absolute Gasteiger partial charge is 0.310 e. The largest absolute Gasteiger partial charge is 0.507 e. The monoisotopic (exact) mass is 509 g/mol. The first-order valence-electron chi connectivity index (χ1n) is 13.2. The number of Topliss-reactive ketones (excluding diaryl/α,β-unsaturated/α-hetero) is 1. The highest BCUT2D eigenvalue weighted by molar-refractivity contribution is 5.81. The molecule has 0 atom stereocenters. The van der Waals surface area contributed by atoms with Gasteiger partial charge in [0.05, 0.1) is 6.42 Å². The Morgan fingerprint density at radius 3 is 1.65 bits per heavy atom. The summed E-state index contributed by atoms with van der Waals surface area (Å²) in [6.45, 7) is 16.6. The lowest BCUT2D eigenvalue weighted by Gasteiger charge is -2.55. The molecule has 1 aliphatic heterocycles. The predicted octanol–water partition coefficient (Wildman–Crippen LogP) is 5.64. The first kappa shape index (κ1) is 28.7. The van der Waals surface area contributed by atoms with E-state index in [0.717, 1.165) is 33.4 Å². The molecule has 2 aromatic carbocycles. The van der Waals surface area contributed by atoms with Crippen molar-refractivity contribution in [3.8, 4) is 11.5 Å². The van der Waals surface area contributed by atoms with Gasteiger partial charge in [0.25, 0.3) is 0 Å². The number of ether oxygens (including phenoxy) is 1. The number of phenols is 2. The molecular formula is C31H43NO5. The third-order valence-electron chi connectivity index (χ3n) is 7.68. The van der Waals surface area contributed by atoms with Crippen molar-refractivity contribution < 1.29 is 24.5 Å². The molecule has 0 bridgehead atoms. The van der Waals surface area contributed by atoms with Crippen LogP contribution in [0.1, 0.15) is 80.3 Å². The van der Waals surface area contributed by atoms with E-state index in [1.54, 1.807) is 0 Å². The molecular weight excluding hydrogens is 466 g/mol. The molecule has 0 saturated carbocycles. The number of rotatable bonds is 8. The van der Waals surface area contributed by atoms with Crippen LogP contribution < -0.4 is 0 Å². The second-order valence-corrected chi connectivity index (χ2v) is 12.1. The highest BCUT2D eigenvalue weighted by atomic mass is 16.5. The van der Waals surface area contributed by atoms with Gasteiger partial charge in [0.2, 0.25) is 0 Å². The lowest BCUT2D eigenvalue weighted by molar-refractivity contribution is -0.159. The van der Waals surface area contributed by atoms with Gasteiger partial charge in [0.1, 0.15) is 23.4 Å². The molecule has 0 aliphatic carbocycles. The molecule has 6 nitrogen and oxygen atoms in total. The fourth-order valence-electron chi connectivity index (χ4n) is 6.16. The van der Waals surface area contributed by atoms with Gasteiger partial charge in [-0.1, -0.05) is 24.3 Å². The van der Waals surface area contributed by atoms with Crippen LogP contribution in [0, 0.1) is 27.7 Å². The number of esters is 1. The van der Waals surface area contributed by atoms with Gasteiger partial charge >= 0.3 is 5.97 Å². The summed E-state index contributed by atoms with van der Waals surface area (Å²) in [6, 6.07) is 7.43. The molecule has 1 aliphatic rings. The zero-order valence-corrected chi connectivity index (χ0v) is 23.7. The lowest BCUT2D eigenvalue weighted by atomic mass is 9.77. The van der Waals surface area contributed by atoms with Crippen molar-refractivity contribution in [1.29, 1.82) is 0 Å². The lowest BCUT2D eigenvalue weighted by Crippen LogP contribution is -2.62. The Bertz CT molecular complexity index is 1120. The van der Waals surface area contributed by atoms with E-state index < -0.39 is 0 Å². The van der Waals surface area contributed by atoms with E-state index in [2.05, 4.69) is 32.6 Å². The molecule has 2 aromatic rings. The summed E-state index contributed by atoms with van der Waals surface area (Å²) in [7, 11) is 0. The Balaban J connectivity index is 1.60. The number of aryl methyl sites for hydroxylation is 4. The van der Waals surface area contributed by atoms with Gasteiger partial charge < -0.3 is 14.9 Å². The van der Waals surface area contributed by atoms with Crippen molar-refractivity contribution in [2.75, 3.05) is 6.54 Å². The van der Waals surface area contributed by atoms with Crippen LogP contribution in [0.15, 0.2) is 24.3 Å². The molecule has 0 radical (unpaired) electrons. The van der Waals surface area contributed by atoms with Crippen molar-refractivity contribution in [1.82, 2.24) is 4.90 Å². The van der Waals surface area contributed by atoms with Crippen molar-refractivity contribution in [3.63, 3.8) is 0 Å². The first-order valence-corrected chi connectivity index (χ1v) is 13.2. The number of phenolic OH excluding ortho intramolecular Hbond substituents is 2. The van der Waals surface area contributed by atoms with Crippen LogP contribution in [0.3, 0.4) is 0 Å². The van der Waals surface area contributed by atoms with Crippen LogP contribution in [0.5, 0.6) is 11.5 Å². The average Bonchev–Trinajstić information content (AvgIpc) is 2.73. The molecule has 0 spiro atoms. The summed E-state index contributed by atoms with van der Waals surface area (Å²) >= 11 is 0. The summed E-state index contributed by atoms with van der Waals surface area (Å²) in [5.74, 6) is 0.463. The summed E-state index contributed by atoms with van der Waals surface area (Å²) < 4.78 is 5.95. The summed E-state index contributed by atoms with van der Waals surface area (Å²) in [4.78, 5) is 28.0. The van der Waals surface area contributed by atoms with Crippen molar-refractivity contribution >= 4 is 11.8 Å². The number of likely N-dealkylation sites (tertiary alicyclic amines) is 1. The van der Waals surface area contributed by atoms with E-state index in [1.807, 2.05) is 52.0 Å². The van der Waals surface area contributed by atoms with Gasteiger partial charge in [0.15, 0.2) is 0 Å². The second kappa shape index (κ2) is 10.9. The SMILES string of the molecule is Cc1cc(CC(=O)CCN2C(C)(C)CC(OC(=O)Cc3cc(C)c(O)c(C)c3)CC2(C)C)cc(C)c1O. The minimum atomic E-state index is -0.260. The number of carbonyl (C=O) groups excluding carboxylic acids is 2. The van der Waals surface area contributed by atoms with E-state index in [0.29, 0.717) is 32.2 Å². The molecule has 0 aromatic heterocycles. The fourth-order valence-corrected chi connectivity index (χ4v) is 6.16. The first-order chi connectivity index (χ1) is 17.1. The maximum absolute atomic E-state index is 12.9. The Morgan fingerprint density at radius 1 is 0.811 bits per heavy atom. The van der Waals surface area contributed by atoms with Gasteiger partial charge in [-0.05, 0) is 88.8 Å². The summed E-state index contributed by atoms with van der Waals surface area (Å²) in [5.41, 5.74) is 4.36. The normalized spacial score (nSPS) is 17.5. The molecule has 1 saturated heterocycles. The number of carbonyl (C=O) groups is 2. The molecule has 6 heteroatoms. The quantitative estimate of drug-likeness (QED) is 0.448. The Morgan fingerprint density at radius 2 is 1.22 bits per heavy atom. The number of benzene rings is 2. The highest BCUT2D eigenvalue weighted by Crippen LogP contribution is 2.40. The molecule has 37 heavy (non-hydrogen) atoms. The van der Waals surface area contributed by atoms with Crippen LogP contribution in [0.4, 0.5) is 0 Å². The molecule has 202 valence electrons.